The van der Waals surface area contributed by atoms with Gasteiger partial charge in [-0.1, -0.05) is 41.0 Å². The highest BCUT2D eigenvalue weighted by Gasteiger charge is 2.13. The molecule has 3 rings (SSSR count). The molecule has 0 saturated heterocycles. The summed E-state index contributed by atoms with van der Waals surface area (Å²) < 4.78 is 5.18. The Morgan fingerprint density at radius 2 is 2.12 bits per heavy atom. The number of methoxy groups -OCH3 is 1. The highest BCUT2D eigenvalue weighted by Crippen LogP contribution is 2.33. The van der Waals surface area contributed by atoms with Gasteiger partial charge in [-0.15, -0.1) is 0 Å². The molecule has 3 aromatic rings. The number of hydrogen-bond acceptors (Lipinski definition) is 4. The predicted molar refractivity (Wildman–Crippen MR) is 103 cm³/mol. The number of nitrogens with one attached hydrogen (secondary N) is 2. The Labute approximate surface area is 159 Å². The monoisotopic (exact) mass is 395 g/mol. The van der Waals surface area contributed by atoms with Crippen LogP contribution in [0.3, 0.4) is 0 Å². The maximum atomic E-state index is 12.2. The van der Waals surface area contributed by atoms with Crippen LogP contribution >= 0.6 is 35.0 Å². The van der Waals surface area contributed by atoms with E-state index >= 15 is 0 Å². The molecule has 130 valence electrons. The summed E-state index contributed by atoms with van der Waals surface area (Å²) in [5.41, 5.74) is 2.95. The first-order valence-electron chi connectivity index (χ1n) is 7.39. The van der Waals surface area contributed by atoms with Crippen LogP contribution in [0.1, 0.15) is 5.56 Å². The number of fused-ring (bicyclic) bond motifs is 1. The third-order valence-electron chi connectivity index (χ3n) is 3.56. The molecule has 1 heterocycles. The first-order chi connectivity index (χ1) is 12.0. The van der Waals surface area contributed by atoms with Gasteiger partial charge in [-0.2, -0.15) is 0 Å². The summed E-state index contributed by atoms with van der Waals surface area (Å²) in [6.07, 6.45) is 0. The molecule has 0 radical (unpaired) electrons. The van der Waals surface area contributed by atoms with E-state index in [1.807, 2.05) is 25.1 Å². The van der Waals surface area contributed by atoms with E-state index in [0.29, 0.717) is 20.9 Å². The lowest BCUT2D eigenvalue weighted by atomic mass is 10.2. The van der Waals surface area contributed by atoms with Crippen LogP contribution in [0.25, 0.3) is 11.0 Å². The van der Waals surface area contributed by atoms with Crippen molar-refractivity contribution < 1.29 is 9.53 Å². The Kier molecular flexibility index (Phi) is 5.42. The smallest absolute Gasteiger partial charge is 0.234 e. The Bertz CT molecular complexity index is 943. The van der Waals surface area contributed by atoms with E-state index in [1.165, 1.54) is 11.8 Å². The lowest BCUT2D eigenvalue weighted by Gasteiger charge is -2.10. The molecule has 8 heteroatoms. The summed E-state index contributed by atoms with van der Waals surface area (Å²) in [6, 6.07) is 9.07. The molecule has 25 heavy (non-hydrogen) atoms. The molecule has 0 atom stereocenters. The molecule has 0 unspecified atom stereocenters. The largest absolute Gasteiger partial charge is 0.497 e. The van der Waals surface area contributed by atoms with Crippen LogP contribution in [0.4, 0.5) is 5.69 Å². The molecule has 0 aliphatic carbocycles. The molecular formula is C17H15Cl2N3O2S. The number of aromatic nitrogens is 2. The fourth-order valence-electron chi connectivity index (χ4n) is 2.24. The van der Waals surface area contributed by atoms with E-state index in [4.69, 9.17) is 27.9 Å². The number of carbonyl (C=O) groups is 1. The van der Waals surface area contributed by atoms with Gasteiger partial charge in [-0.3, -0.25) is 4.79 Å². The number of H-pyrrole nitrogens is 1. The molecule has 5 nitrogen and oxygen atoms in total. The highest BCUT2D eigenvalue weighted by atomic mass is 35.5. The van der Waals surface area contributed by atoms with Crippen molar-refractivity contribution in [3.63, 3.8) is 0 Å². The maximum absolute atomic E-state index is 12.2. The lowest BCUT2D eigenvalue weighted by molar-refractivity contribution is -0.113. The zero-order valence-electron chi connectivity index (χ0n) is 13.5. The van der Waals surface area contributed by atoms with Gasteiger partial charge in [0.2, 0.25) is 5.91 Å². The number of carbonyl (C=O) groups excluding carboxylic acids is 1. The summed E-state index contributed by atoms with van der Waals surface area (Å²) >= 11 is 13.6. The third kappa shape index (κ3) is 4.03. The average molecular weight is 396 g/mol. The molecule has 0 aliphatic rings. The van der Waals surface area contributed by atoms with Crippen molar-refractivity contribution in [2.75, 3.05) is 18.2 Å². The van der Waals surface area contributed by atoms with Crippen LogP contribution in [0.2, 0.25) is 10.0 Å². The van der Waals surface area contributed by atoms with Gasteiger partial charge in [0.15, 0.2) is 5.16 Å². The summed E-state index contributed by atoms with van der Waals surface area (Å²) in [6.45, 7) is 1.85. The van der Waals surface area contributed by atoms with Crippen LogP contribution in [0.5, 0.6) is 5.75 Å². The average Bonchev–Trinajstić information content (AvgIpc) is 3.02. The van der Waals surface area contributed by atoms with Crippen molar-refractivity contribution >= 4 is 57.6 Å². The van der Waals surface area contributed by atoms with Crippen molar-refractivity contribution in [1.82, 2.24) is 9.97 Å². The Balaban J connectivity index is 1.67. The van der Waals surface area contributed by atoms with E-state index in [0.717, 1.165) is 22.3 Å². The van der Waals surface area contributed by atoms with Crippen molar-refractivity contribution in [1.29, 1.82) is 0 Å². The Hall–Kier alpha value is -1.89. The van der Waals surface area contributed by atoms with Crippen molar-refractivity contribution in [3.05, 3.63) is 45.9 Å². The van der Waals surface area contributed by atoms with Gasteiger partial charge in [-0.05, 0) is 30.7 Å². The summed E-state index contributed by atoms with van der Waals surface area (Å²) in [4.78, 5) is 19.8. The van der Waals surface area contributed by atoms with E-state index in [9.17, 15) is 4.79 Å². The number of hydrogen-bond donors (Lipinski definition) is 2. The maximum Gasteiger partial charge on any atom is 0.234 e. The molecule has 0 bridgehead atoms. The number of benzene rings is 2. The SMILES string of the molecule is COc1ccc2nc(SCC(=O)Nc3c(Cl)ccc(C)c3Cl)[nH]c2c1. The molecule has 2 aromatic carbocycles. The van der Waals surface area contributed by atoms with Crippen LogP contribution in [-0.2, 0) is 4.79 Å². The number of ether oxygens (including phenoxy) is 1. The zero-order chi connectivity index (χ0) is 18.0. The Morgan fingerprint density at radius 1 is 1.32 bits per heavy atom. The zero-order valence-corrected chi connectivity index (χ0v) is 15.9. The van der Waals surface area contributed by atoms with Gasteiger partial charge in [0.05, 0.1) is 39.6 Å². The number of halogens is 2. The number of rotatable bonds is 5. The van der Waals surface area contributed by atoms with Gasteiger partial charge in [-0.25, -0.2) is 4.98 Å². The standard InChI is InChI=1S/C17H15Cl2N3O2S/c1-9-3-5-11(18)16(15(9)19)22-14(23)8-25-17-20-12-6-4-10(24-2)7-13(12)21-17/h3-7H,8H2,1-2H3,(H,20,21)(H,22,23). The van der Waals surface area contributed by atoms with Crippen molar-refractivity contribution in [3.8, 4) is 5.75 Å². The molecule has 1 aromatic heterocycles. The fraction of sp³-hybridized carbons (Fsp3) is 0.176. The van der Waals surface area contributed by atoms with E-state index in [-0.39, 0.29) is 11.7 Å². The van der Waals surface area contributed by atoms with Crippen molar-refractivity contribution in [2.45, 2.75) is 12.1 Å². The van der Waals surface area contributed by atoms with Gasteiger partial charge in [0, 0.05) is 6.07 Å². The van der Waals surface area contributed by atoms with Gasteiger partial charge >= 0.3 is 0 Å². The molecule has 1 amide bonds. The van der Waals surface area contributed by atoms with Crippen LogP contribution in [-0.4, -0.2) is 28.7 Å². The predicted octanol–water partition coefficient (Wildman–Crippen LogP) is 4.92. The number of thioether (sulfide) groups is 1. The number of anilines is 1. The van der Waals surface area contributed by atoms with Gasteiger partial charge in [0.25, 0.3) is 0 Å². The number of amides is 1. The molecule has 0 spiro atoms. The summed E-state index contributed by atoms with van der Waals surface area (Å²) in [5, 5.41) is 4.26. The summed E-state index contributed by atoms with van der Waals surface area (Å²) in [7, 11) is 1.61. The minimum absolute atomic E-state index is 0.178. The second kappa shape index (κ2) is 7.56. The van der Waals surface area contributed by atoms with Crippen LogP contribution in [0, 0.1) is 6.92 Å². The first-order valence-corrected chi connectivity index (χ1v) is 9.13. The molecule has 0 fully saturated rings. The van der Waals surface area contributed by atoms with Gasteiger partial charge in [0.1, 0.15) is 5.75 Å². The van der Waals surface area contributed by atoms with E-state index < -0.39 is 0 Å². The number of imidazole rings is 1. The molecule has 0 aliphatic heterocycles. The number of aromatic amines is 1. The topological polar surface area (TPSA) is 67.0 Å². The van der Waals surface area contributed by atoms with E-state index in [1.54, 1.807) is 19.2 Å². The highest BCUT2D eigenvalue weighted by molar-refractivity contribution is 7.99. The quantitative estimate of drug-likeness (QED) is 0.601. The molecule has 0 saturated carbocycles. The minimum Gasteiger partial charge on any atom is -0.497 e. The normalized spacial score (nSPS) is 10.9. The summed E-state index contributed by atoms with van der Waals surface area (Å²) in [5.74, 6) is 0.712. The van der Waals surface area contributed by atoms with Crippen LogP contribution in [0.15, 0.2) is 35.5 Å². The lowest BCUT2D eigenvalue weighted by Crippen LogP contribution is -2.15. The second-order valence-electron chi connectivity index (χ2n) is 5.32. The van der Waals surface area contributed by atoms with Crippen molar-refractivity contribution in [2.24, 2.45) is 0 Å². The third-order valence-corrected chi connectivity index (χ3v) is 5.23. The van der Waals surface area contributed by atoms with Crippen LogP contribution < -0.4 is 10.1 Å². The second-order valence-corrected chi connectivity index (χ2v) is 7.06. The molecular weight excluding hydrogens is 381 g/mol. The number of aryl methyl sites for hydroxylation is 1. The first kappa shape index (κ1) is 17.9. The minimum atomic E-state index is -0.211. The van der Waals surface area contributed by atoms with Gasteiger partial charge < -0.3 is 15.0 Å². The Morgan fingerprint density at radius 3 is 2.88 bits per heavy atom. The number of nitrogens with zero attached hydrogens (tertiary/aromatic N) is 1. The molecule has 2 N–H and O–H groups in total. The fourth-order valence-corrected chi connectivity index (χ4v) is 3.39. The van der Waals surface area contributed by atoms with E-state index in [2.05, 4.69) is 15.3 Å².